The summed E-state index contributed by atoms with van der Waals surface area (Å²) in [5, 5.41) is 10.9. The third-order valence-corrected chi connectivity index (χ3v) is 7.02. The molecule has 0 unspecified atom stereocenters. The van der Waals surface area contributed by atoms with Crippen molar-refractivity contribution >= 4 is 17.7 Å². The Labute approximate surface area is 191 Å². The molecule has 1 heterocycles. The van der Waals surface area contributed by atoms with E-state index < -0.39 is 24.1 Å². The molecule has 1 amide bonds. The molecule has 6 heteroatoms. The maximum Gasteiger partial charge on any atom is 0.410 e. The van der Waals surface area contributed by atoms with Crippen LogP contribution >= 0.6 is 11.6 Å². The van der Waals surface area contributed by atoms with E-state index in [0.29, 0.717) is 29.1 Å². The smallest absolute Gasteiger partial charge is 0.410 e. The predicted molar refractivity (Wildman–Crippen MR) is 121 cm³/mol. The maximum atomic E-state index is 14.1. The SMILES string of the molecule is Cc1cc(F)cc([C@@H]2[C@H](O)CCN2C(=O)OCC2c3ccccc3-c3ccccc32)c1Cl. The molecule has 1 fully saturated rings. The molecule has 5 rings (SSSR count). The predicted octanol–water partition coefficient (Wildman–Crippen LogP) is 5.84. The fraction of sp³-hybridized carbons (Fsp3) is 0.269. The van der Waals surface area contributed by atoms with Gasteiger partial charge in [-0.05, 0) is 58.9 Å². The Balaban J connectivity index is 1.39. The number of benzene rings is 3. The number of fused-ring (bicyclic) bond motifs is 3. The first kappa shape index (κ1) is 21.0. The first-order chi connectivity index (χ1) is 15.5. The molecule has 3 aromatic rings. The Morgan fingerprint density at radius 3 is 2.38 bits per heavy atom. The van der Waals surface area contributed by atoms with Gasteiger partial charge in [-0.25, -0.2) is 9.18 Å². The summed E-state index contributed by atoms with van der Waals surface area (Å²) in [5.74, 6) is -0.509. The number of aryl methyl sites for hydroxylation is 1. The number of carbonyl (C=O) groups excluding carboxylic acids is 1. The Hall–Kier alpha value is -2.89. The van der Waals surface area contributed by atoms with Crippen LogP contribution in [0.25, 0.3) is 11.1 Å². The largest absolute Gasteiger partial charge is 0.448 e. The van der Waals surface area contributed by atoms with E-state index in [0.717, 1.165) is 22.3 Å². The second kappa shape index (κ2) is 8.23. The molecule has 0 aromatic heterocycles. The van der Waals surface area contributed by atoms with Gasteiger partial charge in [0.05, 0.1) is 12.1 Å². The van der Waals surface area contributed by atoms with Crippen molar-refractivity contribution in [2.24, 2.45) is 0 Å². The summed E-state index contributed by atoms with van der Waals surface area (Å²) in [5.41, 5.74) is 5.53. The number of aliphatic hydroxyl groups excluding tert-OH is 1. The van der Waals surface area contributed by atoms with Gasteiger partial charge in [-0.2, -0.15) is 0 Å². The monoisotopic (exact) mass is 451 g/mol. The zero-order valence-electron chi connectivity index (χ0n) is 17.6. The van der Waals surface area contributed by atoms with Crippen LogP contribution < -0.4 is 0 Å². The van der Waals surface area contributed by atoms with Gasteiger partial charge in [0.25, 0.3) is 0 Å². The molecular weight excluding hydrogens is 429 g/mol. The van der Waals surface area contributed by atoms with Gasteiger partial charge < -0.3 is 9.84 Å². The van der Waals surface area contributed by atoms with Crippen LogP contribution in [0.5, 0.6) is 0 Å². The molecule has 164 valence electrons. The van der Waals surface area contributed by atoms with Crippen LogP contribution in [0, 0.1) is 12.7 Å². The average Bonchev–Trinajstić information content (AvgIpc) is 3.33. The second-order valence-electron chi connectivity index (χ2n) is 8.42. The van der Waals surface area contributed by atoms with Crippen molar-refractivity contribution in [3.63, 3.8) is 0 Å². The minimum absolute atomic E-state index is 0.0580. The fourth-order valence-electron chi connectivity index (χ4n) is 5.00. The van der Waals surface area contributed by atoms with Crippen LogP contribution in [-0.2, 0) is 4.74 Å². The van der Waals surface area contributed by atoms with Gasteiger partial charge in [0.1, 0.15) is 12.4 Å². The Kier molecular flexibility index (Phi) is 5.39. The number of carbonyl (C=O) groups is 1. The second-order valence-corrected chi connectivity index (χ2v) is 8.80. The van der Waals surface area contributed by atoms with Crippen LogP contribution in [0.4, 0.5) is 9.18 Å². The topological polar surface area (TPSA) is 49.8 Å². The van der Waals surface area contributed by atoms with Gasteiger partial charge in [-0.15, -0.1) is 0 Å². The Morgan fingerprint density at radius 1 is 1.09 bits per heavy atom. The molecule has 0 bridgehead atoms. The lowest BCUT2D eigenvalue weighted by Gasteiger charge is -2.28. The lowest BCUT2D eigenvalue weighted by atomic mass is 9.98. The average molecular weight is 452 g/mol. The molecule has 0 radical (unpaired) electrons. The van der Waals surface area contributed by atoms with Crippen molar-refractivity contribution in [3.8, 4) is 11.1 Å². The van der Waals surface area contributed by atoms with Gasteiger partial charge in [0, 0.05) is 17.5 Å². The summed E-state index contributed by atoms with van der Waals surface area (Å²) in [4.78, 5) is 14.5. The zero-order valence-corrected chi connectivity index (χ0v) is 18.3. The molecule has 3 aromatic carbocycles. The van der Waals surface area contributed by atoms with Crippen LogP contribution in [0.1, 0.15) is 40.6 Å². The highest BCUT2D eigenvalue weighted by atomic mass is 35.5. The van der Waals surface area contributed by atoms with Crippen LogP contribution in [0.3, 0.4) is 0 Å². The van der Waals surface area contributed by atoms with Gasteiger partial charge in [0.2, 0.25) is 0 Å². The van der Waals surface area contributed by atoms with Crippen molar-refractivity contribution in [2.75, 3.05) is 13.2 Å². The normalized spacial score (nSPS) is 19.7. The standard InChI is InChI=1S/C26H23ClFNO3/c1-15-12-16(28)13-21(24(15)27)25-23(30)10-11-29(25)26(31)32-14-22-19-8-4-2-6-17(19)18-7-3-5-9-20(18)22/h2-9,12-13,22-23,25,30H,10-11,14H2,1H3/t23-,25-/m1/s1. The molecule has 4 nitrogen and oxygen atoms in total. The van der Waals surface area contributed by atoms with Crippen molar-refractivity contribution in [2.45, 2.75) is 31.4 Å². The fourth-order valence-corrected chi connectivity index (χ4v) is 5.22. The molecule has 1 aliphatic carbocycles. The van der Waals surface area contributed by atoms with Gasteiger partial charge in [-0.3, -0.25) is 4.90 Å². The first-order valence-electron chi connectivity index (χ1n) is 10.7. The molecule has 0 spiro atoms. The summed E-state index contributed by atoms with van der Waals surface area (Å²) in [7, 11) is 0. The van der Waals surface area contributed by atoms with Gasteiger partial charge in [-0.1, -0.05) is 60.1 Å². The summed E-state index contributed by atoms with van der Waals surface area (Å²) in [6.07, 6.45) is -0.999. The van der Waals surface area contributed by atoms with E-state index >= 15 is 0 Å². The number of halogens is 2. The number of nitrogens with zero attached hydrogens (tertiary/aromatic N) is 1. The summed E-state index contributed by atoms with van der Waals surface area (Å²) < 4.78 is 19.8. The van der Waals surface area contributed by atoms with Crippen LogP contribution in [0.15, 0.2) is 60.7 Å². The van der Waals surface area contributed by atoms with Crippen molar-refractivity contribution < 1.29 is 19.0 Å². The molecule has 1 N–H and O–H groups in total. The van der Waals surface area contributed by atoms with E-state index in [1.165, 1.54) is 17.0 Å². The van der Waals surface area contributed by atoms with Crippen molar-refractivity contribution in [1.29, 1.82) is 0 Å². The van der Waals surface area contributed by atoms with E-state index in [1.54, 1.807) is 6.92 Å². The van der Waals surface area contributed by atoms with Crippen molar-refractivity contribution in [3.05, 3.63) is 93.8 Å². The zero-order chi connectivity index (χ0) is 22.4. The van der Waals surface area contributed by atoms with Gasteiger partial charge >= 0.3 is 6.09 Å². The van der Waals surface area contributed by atoms with E-state index in [1.807, 2.05) is 24.3 Å². The van der Waals surface area contributed by atoms with Crippen LogP contribution in [-0.4, -0.2) is 35.4 Å². The molecule has 1 aliphatic heterocycles. The number of amides is 1. The lowest BCUT2D eigenvalue weighted by Crippen LogP contribution is -2.34. The summed E-state index contributed by atoms with van der Waals surface area (Å²) >= 11 is 6.42. The van der Waals surface area contributed by atoms with E-state index in [9.17, 15) is 14.3 Å². The highest BCUT2D eigenvalue weighted by molar-refractivity contribution is 6.32. The van der Waals surface area contributed by atoms with Crippen LogP contribution in [0.2, 0.25) is 5.02 Å². The minimum Gasteiger partial charge on any atom is -0.448 e. The summed E-state index contributed by atoms with van der Waals surface area (Å²) in [6, 6.07) is 18.2. The number of ether oxygens (including phenoxy) is 1. The number of rotatable bonds is 3. The molecule has 2 aliphatic rings. The quantitative estimate of drug-likeness (QED) is 0.544. The number of likely N-dealkylation sites (tertiary alicyclic amines) is 1. The number of hydrogen-bond acceptors (Lipinski definition) is 3. The summed E-state index contributed by atoms with van der Waals surface area (Å²) in [6.45, 7) is 2.20. The highest BCUT2D eigenvalue weighted by Crippen LogP contribution is 2.45. The highest BCUT2D eigenvalue weighted by Gasteiger charge is 2.40. The number of hydrogen-bond donors (Lipinski definition) is 1. The molecule has 1 saturated heterocycles. The van der Waals surface area contributed by atoms with E-state index in [4.69, 9.17) is 16.3 Å². The Bertz CT molecular complexity index is 1150. The van der Waals surface area contributed by atoms with E-state index in [-0.39, 0.29) is 12.5 Å². The third-order valence-electron chi connectivity index (χ3n) is 6.50. The van der Waals surface area contributed by atoms with Gasteiger partial charge in [0.15, 0.2) is 0 Å². The number of aliphatic hydroxyl groups is 1. The molecule has 0 saturated carbocycles. The Morgan fingerprint density at radius 2 is 1.72 bits per heavy atom. The first-order valence-corrected chi connectivity index (χ1v) is 11.1. The third kappa shape index (κ3) is 3.46. The maximum absolute atomic E-state index is 14.1. The molecular formula is C26H23ClFNO3. The van der Waals surface area contributed by atoms with Crippen molar-refractivity contribution in [1.82, 2.24) is 4.90 Å². The van der Waals surface area contributed by atoms with E-state index in [2.05, 4.69) is 24.3 Å². The molecule has 2 atom stereocenters. The minimum atomic E-state index is -0.839. The molecule has 32 heavy (non-hydrogen) atoms. The lowest BCUT2D eigenvalue weighted by molar-refractivity contribution is 0.0740.